The number of nitrogens with one attached hydrogen (secondary N) is 1. The summed E-state index contributed by atoms with van der Waals surface area (Å²) in [6, 6.07) is 4.59. The van der Waals surface area contributed by atoms with Crippen LogP contribution < -0.4 is 10.2 Å². The first-order chi connectivity index (χ1) is 10.3. The summed E-state index contributed by atoms with van der Waals surface area (Å²) >= 11 is 0. The van der Waals surface area contributed by atoms with E-state index >= 15 is 0 Å². The van der Waals surface area contributed by atoms with E-state index in [9.17, 15) is 22.8 Å². The van der Waals surface area contributed by atoms with Crippen LogP contribution in [0.1, 0.15) is 25.3 Å². The van der Waals surface area contributed by atoms with Crippen molar-refractivity contribution in [1.29, 1.82) is 0 Å². The first-order valence-electron chi connectivity index (χ1n) is 7.02. The van der Waals surface area contributed by atoms with E-state index in [0.29, 0.717) is 0 Å². The number of anilines is 1. The Balaban J connectivity index is 2.03. The Kier molecular flexibility index (Phi) is 4.73. The fraction of sp³-hybridized carbons (Fsp3) is 0.467. The van der Waals surface area contributed by atoms with Crippen LogP contribution in [0.25, 0.3) is 0 Å². The molecule has 0 spiro atoms. The number of carbonyl (C=O) groups excluding carboxylic acids is 2. The molecule has 0 unspecified atom stereocenters. The molecular weight excluding hydrogens is 297 g/mol. The van der Waals surface area contributed by atoms with Gasteiger partial charge in [-0.1, -0.05) is 6.07 Å². The molecule has 0 aliphatic heterocycles. The quantitative estimate of drug-likeness (QED) is 0.908. The number of hydrogen-bond donors (Lipinski definition) is 1. The highest BCUT2D eigenvalue weighted by molar-refractivity contribution is 5.91. The van der Waals surface area contributed by atoms with Crippen LogP contribution in [-0.2, 0) is 15.8 Å². The summed E-state index contributed by atoms with van der Waals surface area (Å²) in [4.78, 5) is 24.4. The van der Waals surface area contributed by atoms with Gasteiger partial charge in [0, 0.05) is 31.6 Å². The van der Waals surface area contributed by atoms with Crippen LogP contribution in [-0.4, -0.2) is 24.9 Å². The smallest absolute Gasteiger partial charge is 0.354 e. The van der Waals surface area contributed by atoms with Crippen LogP contribution >= 0.6 is 0 Å². The average molecular weight is 314 g/mol. The largest absolute Gasteiger partial charge is 0.416 e. The van der Waals surface area contributed by atoms with Gasteiger partial charge < -0.3 is 10.2 Å². The van der Waals surface area contributed by atoms with Gasteiger partial charge in [0.05, 0.1) is 5.56 Å². The van der Waals surface area contributed by atoms with Crippen LogP contribution in [0, 0.1) is 5.92 Å². The minimum Gasteiger partial charge on any atom is -0.354 e. The van der Waals surface area contributed by atoms with Gasteiger partial charge in [0.25, 0.3) is 0 Å². The number of nitrogens with zero attached hydrogens (tertiary/aromatic N) is 1. The first kappa shape index (κ1) is 16.3. The lowest BCUT2D eigenvalue weighted by molar-refractivity contribution is -0.137. The molecule has 120 valence electrons. The van der Waals surface area contributed by atoms with Crippen LogP contribution in [0.15, 0.2) is 24.3 Å². The number of alkyl halides is 3. The number of rotatable bonds is 5. The second-order valence-electron chi connectivity index (χ2n) is 5.28. The maximum atomic E-state index is 12.7. The van der Waals surface area contributed by atoms with Gasteiger partial charge in [0.1, 0.15) is 0 Å². The third-order valence-electron chi connectivity index (χ3n) is 3.45. The maximum Gasteiger partial charge on any atom is 0.416 e. The summed E-state index contributed by atoms with van der Waals surface area (Å²) < 4.78 is 38.2. The van der Waals surface area contributed by atoms with E-state index in [1.807, 2.05) is 0 Å². The summed E-state index contributed by atoms with van der Waals surface area (Å²) in [5, 5.41) is 2.69. The normalized spacial score (nSPS) is 14.5. The van der Waals surface area contributed by atoms with E-state index in [-0.39, 0.29) is 36.5 Å². The van der Waals surface area contributed by atoms with Gasteiger partial charge >= 0.3 is 6.18 Å². The predicted molar refractivity (Wildman–Crippen MR) is 75.2 cm³/mol. The Hall–Kier alpha value is -2.05. The third-order valence-corrected chi connectivity index (χ3v) is 3.45. The molecular formula is C15H17F3N2O2. The zero-order valence-corrected chi connectivity index (χ0v) is 12.1. The second kappa shape index (κ2) is 6.37. The summed E-state index contributed by atoms with van der Waals surface area (Å²) in [7, 11) is 0. The van der Waals surface area contributed by atoms with Gasteiger partial charge in [-0.05, 0) is 31.0 Å². The van der Waals surface area contributed by atoms with Crippen molar-refractivity contribution in [2.75, 3.05) is 18.0 Å². The molecule has 4 nitrogen and oxygen atoms in total. The predicted octanol–water partition coefficient (Wildman–Crippen LogP) is 2.58. The molecule has 1 aliphatic carbocycles. The third kappa shape index (κ3) is 4.22. The van der Waals surface area contributed by atoms with Crippen LogP contribution in [0.5, 0.6) is 0 Å². The van der Waals surface area contributed by atoms with E-state index in [4.69, 9.17) is 0 Å². The summed E-state index contributed by atoms with van der Waals surface area (Å²) in [6.45, 7) is 1.63. The number of benzene rings is 1. The fourth-order valence-corrected chi connectivity index (χ4v) is 2.10. The number of carbonyl (C=O) groups is 2. The molecule has 0 radical (unpaired) electrons. The molecule has 1 N–H and O–H groups in total. The highest BCUT2D eigenvalue weighted by atomic mass is 19.4. The second-order valence-corrected chi connectivity index (χ2v) is 5.28. The molecule has 1 saturated carbocycles. The molecule has 0 heterocycles. The summed E-state index contributed by atoms with van der Waals surface area (Å²) in [5.41, 5.74) is -0.638. The van der Waals surface area contributed by atoms with Crippen molar-refractivity contribution in [3.05, 3.63) is 29.8 Å². The highest BCUT2D eigenvalue weighted by Gasteiger charge is 2.31. The molecule has 2 rings (SSSR count). The Bertz CT molecular complexity index is 568. The van der Waals surface area contributed by atoms with Crippen molar-refractivity contribution in [3.63, 3.8) is 0 Å². The minimum atomic E-state index is -4.46. The first-order valence-corrected chi connectivity index (χ1v) is 7.02. The van der Waals surface area contributed by atoms with Crippen molar-refractivity contribution in [3.8, 4) is 0 Å². The summed E-state index contributed by atoms with van der Waals surface area (Å²) in [6.07, 6.45) is -2.72. The Morgan fingerprint density at radius 3 is 2.55 bits per heavy atom. The molecule has 0 aromatic heterocycles. The molecule has 1 fully saturated rings. The lowest BCUT2D eigenvalue weighted by atomic mass is 10.1. The average Bonchev–Trinajstić information content (AvgIpc) is 3.26. The maximum absolute atomic E-state index is 12.7. The topological polar surface area (TPSA) is 49.4 Å². The van der Waals surface area contributed by atoms with Gasteiger partial charge in [-0.25, -0.2) is 0 Å². The van der Waals surface area contributed by atoms with Crippen molar-refractivity contribution in [2.45, 2.75) is 25.9 Å². The van der Waals surface area contributed by atoms with Gasteiger partial charge in [0.2, 0.25) is 11.8 Å². The SMILES string of the molecule is CC(=O)N(CCNC(=O)C1CC1)c1cccc(C(F)(F)F)c1. The van der Waals surface area contributed by atoms with Crippen LogP contribution in [0.2, 0.25) is 0 Å². The van der Waals surface area contributed by atoms with Crippen molar-refractivity contribution in [1.82, 2.24) is 5.32 Å². The minimum absolute atomic E-state index is 0.0549. The molecule has 1 aliphatic rings. The number of amides is 2. The molecule has 0 atom stereocenters. The van der Waals surface area contributed by atoms with Crippen molar-refractivity contribution >= 4 is 17.5 Å². The summed E-state index contributed by atoms with van der Waals surface area (Å²) in [5.74, 6) is -0.383. The van der Waals surface area contributed by atoms with Gasteiger partial charge in [-0.3, -0.25) is 9.59 Å². The lowest BCUT2D eigenvalue weighted by Crippen LogP contribution is -2.38. The monoisotopic (exact) mass is 314 g/mol. The Morgan fingerprint density at radius 2 is 2.00 bits per heavy atom. The molecule has 0 bridgehead atoms. The van der Waals surface area contributed by atoms with Gasteiger partial charge in [-0.15, -0.1) is 0 Å². The van der Waals surface area contributed by atoms with E-state index in [1.165, 1.54) is 24.0 Å². The Morgan fingerprint density at radius 1 is 1.32 bits per heavy atom. The standard InChI is InChI=1S/C15H17F3N2O2/c1-10(21)20(8-7-19-14(22)11-5-6-11)13-4-2-3-12(9-13)15(16,17)18/h2-4,9,11H,5-8H2,1H3,(H,19,22). The van der Waals surface area contributed by atoms with E-state index < -0.39 is 11.7 Å². The van der Waals surface area contributed by atoms with Crippen molar-refractivity contribution in [2.24, 2.45) is 5.92 Å². The lowest BCUT2D eigenvalue weighted by Gasteiger charge is -2.22. The zero-order chi connectivity index (χ0) is 16.3. The van der Waals surface area contributed by atoms with Crippen LogP contribution in [0.3, 0.4) is 0 Å². The van der Waals surface area contributed by atoms with Gasteiger partial charge in [0.15, 0.2) is 0 Å². The van der Waals surface area contributed by atoms with E-state index in [0.717, 1.165) is 25.0 Å². The molecule has 7 heteroatoms. The molecule has 1 aromatic carbocycles. The molecule has 22 heavy (non-hydrogen) atoms. The molecule has 1 aromatic rings. The zero-order valence-electron chi connectivity index (χ0n) is 12.1. The Labute approximate surface area is 126 Å². The number of hydrogen-bond acceptors (Lipinski definition) is 2. The van der Waals surface area contributed by atoms with E-state index in [1.54, 1.807) is 0 Å². The highest BCUT2D eigenvalue weighted by Crippen LogP contribution is 2.31. The van der Waals surface area contributed by atoms with Crippen molar-refractivity contribution < 1.29 is 22.8 Å². The molecule has 0 saturated heterocycles. The van der Waals surface area contributed by atoms with Crippen LogP contribution in [0.4, 0.5) is 18.9 Å². The molecule has 2 amide bonds. The van der Waals surface area contributed by atoms with Gasteiger partial charge in [-0.2, -0.15) is 13.2 Å². The fourth-order valence-electron chi connectivity index (χ4n) is 2.10. The van der Waals surface area contributed by atoms with E-state index in [2.05, 4.69) is 5.32 Å². The number of halogens is 3.